The first-order chi connectivity index (χ1) is 7.98. The second kappa shape index (κ2) is 4.37. The van der Waals surface area contributed by atoms with Gasteiger partial charge in [0.1, 0.15) is 0 Å². The number of aliphatic hydroxyl groups is 1. The molecular weight excluding hydrogens is 216 g/mol. The third-order valence-corrected chi connectivity index (χ3v) is 3.08. The van der Waals surface area contributed by atoms with Gasteiger partial charge in [-0.2, -0.15) is 0 Å². The summed E-state index contributed by atoms with van der Waals surface area (Å²) < 4.78 is 0. The number of carbonyl (C=O) groups is 1. The van der Waals surface area contributed by atoms with Crippen LogP contribution < -0.4 is 5.73 Å². The molecule has 0 unspecified atom stereocenters. The lowest BCUT2D eigenvalue weighted by molar-refractivity contribution is -0.152. The van der Waals surface area contributed by atoms with E-state index in [1.54, 1.807) is 11.8 Å². The zero-order valence-electron chi connectivity index (χ0n) is 10.0. The van der Waals surface area contributed by atoms with Crippen molar-refractivity contribution < 1.29 is 9.90 Å². The highest BCUT2D eigenvalue weighted by molar-refractivity contribution is 5.77. The highest BCUT2D eigenvalue weighted by Gasteiger charge is 2.38. The lowest BCUT2D eigenvalue weighted by Crippen LogP contribution is -2.61. The molecule has 0 aromatic heterocycles. The number of hydrogen-bond acceptors (Lipinski definition) is 3. The van der Waals surface area contributed by atoms with Gasteiger partial charge in [-0.05, 0) is 25.0 Å². The fraction of sp³-hybridized carbons (Fsp3) is 0.462. The van der Waals surface area contributed by atoms with E-state index < -0.39 is 5.60 Å². The summed E-state index contributed by atoms with van der Waals surface area (Å²) in [6.45, 7) is 2.62. The Morgan fingerprint density at radius 2 is 2.12 bits per heavy atom. The molecule has 17 heavy (non-hydrogen) atoms. The number of carbonyl (C=O) groups excluding carboxylic acids is 1. The van der Waals surface area contributed by atoms with Crippen LogP contribution in [0.3, 0.4) is 0 Å². The summed E-state index contributed by atoms with van der Waals surface area (Å²) in [6.07, 6.45) is 1.11. The number of nitrogens with two attached hydrogens (primary N) is 1. The van der Waals surface area contributed by atoms with Crippen molar-refractivity contribution in [2.24, 2.45) is 0 Å². The molecule has 1 aromatic rings. The van der Waals surface area contributed by atoms with Crippen molar-refractivity contribution in [3.05, 3.63) is 29.8 Å². The minimum atomic E-state index is -0.693. The quantitative estimate of drug-likeness (QED) is 0.760. The maximum absolute atomic E-state index is 11.8. The number of anilines is 1. The number of rotatable bonds is 3. The first-order valence-corrected chi connectivity index (χ1v) is 5.81. The molecule has 0 atom stereocenters. The Morgan fingerprint density at radius 3 is 2.71 bits per heavy atom. The Balaban J connectivity index is 1.83. The Hall–Kier alpha value is -1.55. The molecule has 4 nitrogen and oxygen atoms in total. The van der Waals surface area contributed by atoms with Gasteiger partial charge >= 0.3 is 0 Å². The summed E-state index contributed by atoms with van der Waals surface area (Å²) >= 11 is 0. The standard InChI is InChI=1S/C13H18N2O2/c1-13(17)8-15(9-13)12(16)7-6-10-4-2-3-5-11(10)14/h2-5,17H,6-9,14H2,1H3. The van der Waals surface area contributed by atoms with E-state index in [2.05, 4.69) is 0 Å². The minimum absolute atomic E-state index is 0.0831. The molecule has 1 amide bonds. The van der Waals surface area contributed by atoms with Crippen LogP contribution in [0.25, 0.3) is 0 Å². The van der Waals surface area contributed by atoms with E-state index >= 15 is 0 Å². The van der Waals surface area contributed by atoms with Gasteiger partial charge in [-0.3, -0.25) is 4.79 Å². The number of likely N-dealkylation sites (tertiary alicyclic amines) is 1. The summed E-state index contributed by atoms with van der Waals surface area (Å²) in [4.78, 5) is 13.5. The van der Waals surface area contributed by atoms with Crippen molar-refractivity contribution in [2.75, 3.05) is 18.8 Å². The van der Waals surface area contributed by atoms with Gasteiger partial charge in [0.2, 0.25) is 5.91 Å². The molecule has 1 aliphatic rings. The van der Waals surface area contributed by atoms with Crippen LogP contribution in [-0.2, 0) is 11.2 Å². The van der Waals surface area contributed by atoms with Gasteiger partial charge in [0.05, 0.1) is 18.7 Å². The fourth-order valence-corrected chi connectivity index (χ4v) is 2.11. The average molecular weight is 234 g/mol. The first kappa shape index (κ1) is 11.9. The molecule has 1 saturated heterocycles. The van der Waals surface area contributed by atoms with Crippen LogP contribution in [0.15, 0.2) is 24.3 Å². The number of para-hydroxylation sites is 1. The number of nitrogens with zero attached hydrogens (tertiary/aromatic N) is 1. The summed E-state index contributed by atoms with van der Waals surface area (Å²) in [7, 11) is 0. The molecule has 1 heterocycles. The van der Waals surface area contributed by atoms with E-state index in [9.17, 15) is 9.90 Å². The SMILES string of the molecule is CC1(O)CN(C(=O)CCc2ccccc2N)C1. The average Bonchev–Trinajstić information content (AvgIpc) is 2.24. The Kier molecular flexibility index (Phi) is 3.07. The van der Waals surface area contributed by atoms with Crippen LogP contribution in [0.5, 0.6) is 0 Å². The zero-order chi connectivity index (χ0) is 12.5. The van der Waals surface area contributed by atoms with Crippen molar-refractivity contribution in [3.63, 3.8) is 0 Å². The highest BCUT2D eigenvalue weighted by Crippen LogP contribution is 2.21. The third-order valence-electron chi connectivity index (χ3n) is 3.08. The Bertz CT molecular complexity index is 421. The fourth-order valence-electron chi connectivity index (χ4n) is 2.11. The maximum atomic E-state index is 11.8. The van der Waals surface area contributed by atoms with E-state index in [4.69, 9.17) is 5.73 Å². The van der Waals surface area contributed by atoms with Gasteiger partial charge in [-0.1, -0.05) is 18.2 Å². The normalized spacial score (nSPS) is 17.6. The second-order valence-corrected chi connectivity index (χ2v) is 4.95. The smallest absolute Gasteiger partial charge is 0.223 e. The van der Waals surface area contributed by atoms with Crippen LogP contribution in [0.2, 0.25) is 0 Å². The summed E-state index contributed by atoms with van der Waals surface area (Å²) in [5.41, 5.74) is 6.85. The van der Waals surface area contributed by atoms with Gasteiger partial charge in [0, 0.05) is 12.1 Å². The molecule has 0 spiro atoms. The molecule has 2 rings (SSSR count). The van der Waals surface area contributed by atoms with Crippen molar-refractivity contribution in [1.82, 2.24) is 4.90 Å². The molecule has 0 aliphatic carbocycles. The maximum Gasteiger partial charge on any atom is 0.223 e. The van der Waals surface area contributed by atoms with Crippen molar-refractivity contribution in [1.29, 1.82) is 0 Å². The number of β-amino-alcohol motifs (C(OH)–C–C–N with tert-alkyl or cyclic N) is 1. The second-order valence-electron chi connectivity index (χ2n) is 4.95. The van der Waals surface area contributed by atoms with E-state index in [1.807, 2.05) is 24.3 Å². The molecule has 4 heteroatoms. The summed E-state index contributed by atoms with van der Waals surface area (Å²) in [5.74, 6) is 0.0831. The molecule has 0 saturated carbocycles. The molecule has 1 fully saturated rings. The van der Waals surface area contributed by atoms with Gasteiger partial charge in [-0.15, -0.1) is 0 Å². The number of benzene rings is 1. The monoisotopic (exact) mass is 234 g/mol. The predicted molar refractivity (Wildman–Crippen MR) is 66.4 cm³/mol. The van der Waals surface area contributed by atoms with Crippen LogP contribution in [0.4, 0.5) is 5.69 Å². The van der Waals surface area contributed by atoms with Gasteiger partial charge in [0.15, 0.2) is 0 Å². The highest BCUT2D eigenvalue weighted by atomic mass is 16.3. The van der Waals surface area contributed by atoms with Crippen LogP contribution in [0, 0.1) is 0 Å². The van der Waals surface area contributed by atoms with Gasteiger partial charge in [-0.25, -0.2) is 0 Å². The molecular formula is C13H18N2O2. The molecule has 1 aromatic carbocycles. The number of nitrogen functional groups attached to an aromatic ring is 1. The molecule has 0 radical (unpaired) electrons. The third kappa shape index (κ3) is 2.77. The minimum Gasteiger partial charge on any atom is -0.399 e. The molecule has 0 bridgehead atoms. The van der Waals surface area contributed by atoms with Crippen molar-refractivity contribution in [2.45, 2.75) is 25.4 Å². The van der Waals surface area contributed by atoms with Gasteiger partial charge < -0.3 is 15.7 Å². The van der Waals surface area contributed by atoms with E-state index in [-0.39, 0.29) is 5.91 Å². The van der Waals surface area contributed by atoms with Gasteiger partial charge in [0.25, 0.3) is 0 Å². The Labute approximate surface area is 101 Å². The van der Waals surface area contributed by atoms with E-state index in [1.165, 1.54) is 0 Å². The lowest BCUT2D eigenvalue weighted by Gasteiger charge is -2.44. The molecule has 92 valence electrons. The summed E-state index contributed by atoms with van der Waals surface area (Å²) in [6, 6.07) is 7.58. The van der Waals surface area contributed by atoms with E-state index in [0.717, 1.165) is 11.3 Å². The number of hydrogen-bond donors (Lipinski definition) is 2. The Morgan fingerprint density at radius 1 is 1.47 bits per heavy atom. The van der Waals surface area contributed by atoms with E-state index in [0.29, 0.717) is 25.9 Å². The lowest BCUT2D eigenvalue weighted by atomic mass is 9.96. The largest absolute Gasteiger partial charge is 0.399 e. The van der Waals surface area contributed by atoms with Crippen molar-refractivity contribution >= 4 is 11.6 Å². The first-order valence-electron chi connectivity index (χ1n) is 5.81. The van der Waals surface area contributed by atoms with Crippen LogP contribution in [0.1, 0.15) is 18.9 Å². The summed E-state index contributed by atoms with van der Waals surface area (Å²) in [5, 5.41) is 9.55. The molecule has 3 N–H and O–H groups in total. The molecule has 1 aliphatic heterocycles. The zero-order valence-corrected chi connectivity index (χ0v) is 10.0. The number of aryl methyl sites for hydroxylation is 1. The van der Waals surface area contributed by atoms with Crippen LogP contribution >= 0.6 is 0 Å². The topological polar surface area (TPSA) is 66.6 Å². The predicted octanol–water partition coefficient (Wildman–Crippen LogP) is 0.795. The van der Waals surface area contributed by atoms with Crippen LogP contribution in [-0.4, -0.2) is 34.6 Å². The van der Waals surface area contributed by atoms with Crippen molar-refractivity contribution in [3.8, 4) is 0 Å². The number of amides is 1.